The molecule has 1 aromatic carbocycles. The maximum atomic E-state index is 11.2. The summed E-state index contributed by atoms with van der Waals surface area (Å²) in [4.78, 5) is 22.5. The summed E-state index contributed by atoms with van der Waals surface area (Å²) < 4.78 is 6.97. The van der Waals surface area contributed by atoms with Gasteiger partial charge >= 0.3 is 0 Å². The fourth-order valence-corrected chi connectivity index (χ4v) is 4.39. The van der Waals surface area contributed by atoms with E-state index in [0.29, 0.717) is 11.7 Å². The smallest absolute Gasteiger partial charge is 0.223 e. The second-order valence-electron chi connectivity index (χ2n) is 7.04. The summed E-state index contributed by atoms with van der Waals surface area (Å²) in [6.07, 6.45) is 7.54. The maximum absolute atomic E-state index is 11.2. The summed E-state index contributed by atoms with van der Waals surface area (Å²) in [6, 6.07) is 8.09. The number of carbonyl (C=O) groups is 1. The lowest BCUT2D eigenvalue weighted by Crippen LogP contribution is -2.33. The van der Waals surface area contributed by atoms with Gasteiger partial charge in [-0.15, -0.1) is 0 Å². The zero-order chi connectivity index (χ0) is 19.3. The van der Waals surface area contributed by atoms with Crippen LogP contribution in [0, 0.1) is 0 Å². The zero-order valence-electron chi connectivity index (χ0n) is 16.0. The Kier molecular flexibility index (Phi) is 5.83. The molecule has 0 atom stereocenters. The number of rotatable bonds is 6. The Bertz CT molecular complexity index is 966. The number of anilines is 1. The molecule has 0 spiro atoms. The van der Waals surface area contributed by atoms with Crippen LogP contribution in [0.1, 0.15) is 26.2 Å². The Hall–Kier alpha value is -2.51. The van der Waals surface area contributed by atoms with Crippen molar-refractivity contribution in [2.75, 3.05) is 31.6 Å². The topological polar surface area (TPSA) is 67.3 Å². The molecule has 1 saturated heterocycles. The summed E-state index contributed by atoms with van der Waals surface area (Å²) in [7, 11) is 0. The van der Waals surface area contributed by atoms with E-state index >= 15 is 0 Å². The minimum atomic E-state index is -0.113. The minimum Gasteiger partial charge on any atom is -0.491 e. The highest BCUT2D eigenvalue weighted by atomic mass is 32.1. The largest absolute Gasteiger partial charge is 0.491 e. The van der Waals surface area contributed by atoms with Gasteiger partial charge in [-0.2, -0.15) is 0 Å². The van der Waals surface area contributed by atoms with Gasteiger partial charge in [-0.3, -0.25) is 14.7 Å². The zero-order valence-corrected chi connectivity index (χ0v) is 16.8. The lowest BCUT2D eigenvalue weighted by Gasteiger charge is -2.26. The highest BCUT2D eigenvalue weighted by molar-refractivity contribution is 7.22. The number of pyridine rings is 1. The number of fused-ring (bicyclic) bond motifs is 1. The van der Waals surface area contributed by atoms with Crippen LogP contribution in [0.5, 0.6) is 5.75 Å². The molecule has 3 heterocycles. The van der Waals surface area contributed by atoms with Gasteiger partial charge in [-0.25, -0.2) is 4.98 Å². The number of likely N-dealkylation sites (tertiary alicyclic amines) is 1. The summed E-state index contributed by atoms with van der Waals surface area (Å²) in [5.41, 5.74) is 2.94. The molecule has 7 heteroatoms. The van der Waals surface area contributed by atoms with Crippen molar-refractivity contribution in [1.29, 1.82) is 0 Å². The van der Waals surface area contributed by atoms with Gasteiger partial charge in [-0.05, 0) is 49.7 Å². The number of hydrogen-bond donors (Lipinski definition) is 1. The van der Waals surface area contributed by atoms with Gasteiger partial charge in [0, 0.05) is 25.2 Å². The van der Waals surface area contributed by atoms with Crippen LogP contribution in [0.15, 0.2) is 36.7 Å². The molecule has 1 N–H and O–H groups in total. The normalized spacial score (nSPS) is 14.9. The van der Waals surface area contributed by atoms with E-state index in [0.717, 1.165) is 33.6 Å². The van der Waals surface area contributed by atoms with E-state index < -0.39 is 0 Å². The van der Waals surface area contributed by atoms with Gasteiger partial charge in [0.05, 0.1) is 16.4 Å². The summed E-state index contributed by atoms with van der Waals surface area (Å²) >= 11 is 1.47. The van der Waals surface area contributed by atoms with E-state index in [1.54, 1.807) is 6.20 Å². The molecule has 0 bridgehead atoms. The average Bonchev–Trinajstić information content (AvgIpc) is 3.09. The van der Waals surface area contributed by atoms with Gasteiger partial charge < -0.3 is 10.1 Å². The fraction of sp³-hybridized carbons (Fsp3) is 0.381. The molecule has 1 amide bonds. The summed E-state index contributed by atoms with van der Waals surface area (Å²) in [5, 5.41) is 3.36. The summed E-state index contributed by atoms with van der Waals surface area (Å²) in [6.45, 7) is 5.48. The van der Waals surface area contributed by atoms with Crippen molar-refractivity contribution >= 4 is 32.6 Å². The highest BCUT2D eigenvalue weighted by Crippen LogP contribution is 2.31. The van der Waals surface area contributed by atoms with Crippen LogP contribution in [0.25, 0.3) is 21.3 Å². The molecule has 146 valence electrons. The van der Waals surface area contributed by atoms with Gasteiger partial charge in [0.1, 0.15) is 12.4 Å². The van der Waals surface area contributed by atoms with E-state index in [4.69, 9.17) is 4.74 Å². The first kappa shape index (κ1) is 18.8. The molecule has 0 unspecified atom stereocenters. The van der Waals surface area contributed by atoms with Crippen molar-refractivity contribution < 1.29 is 9.53 Å². The first-order chi connectivity index (χ1) is 13.7. The number of amides is 1. The minimum absolute atomic E-state index is 0.113. The molecular formula is C21H24N4O2S. The van der Waals surface area contributed by atoms with E-state index in [1.807, 2.05) is 24.4 Å². The molecule has 0 saturated carbocycles. The third kappa shape index (κ3) is 4.66. The van der Waals surface area contributed by atoms with Crippen LogP contribution in [-0.4, -0.2) is 47.0 Å². The third-order valence-electron chi connectivity index (χ3n) is 4.84. The number of carbonyl (C=O) groups excluding carboxylic acids is 1. The number of benzene rings is 1. The second kappa shape index (κ2) is 8.67. The molecule has 3 aromatic rings. The van der Waals surface area contributed by atoms with Crippen LogP contribution < -0.4 is 10.1 Å². The van der Waals surface area contributed by atoms with Crippen LogP contribution >= 0.6 is 11.3 Å². The maximum Gasteiger partial charge on any atom is 0.223 e. The number of aromatic nitrogens is 2. The van der Waals surface area contributed by atoms with Gasteiger partial charge in [0.2, 0.25) is 5.91 Å². The average molecular weight is 397 g/mol. The van der Waals surface area contributed by atoms with E-state index in [-0.39, 0.29) is 5.91 Å². The van der Waals surface area contributed by atoms with Crippen molar-refractivity contribution in [2.45, 2.75) is 26.2 Å². The number of thiazole rings is 1. The van der Waals surface area contributed by atoms with Crippen molar-refractivity contribution in [3.63, 3.8) is 0 Å². The standard InChI is InChI=1S/C21H24N4O2S/c1-15(26)23-21-24-19-6-5-16(12-20(19)28-21)17-11-18(14-22-13-17)27-10-9-25-7-3-2-4-8-25/h5-6,11-14H,2-4,7-10H2,1H3,(H,23,24,26). The molecule has 2 aromatic heterocycles. The van der Waals surface area contributed by atoms with Crippen LogP contribution in [0.3, 0.4) is 0 Å². The Morgan fingerprint density at radius 2 is 2.04 bits per heavy atom. The fourth-order valence-electron chi connectivity index (χ4n) is 3.44. The van der Waals surface area contributed by atoms with E-state index in [2.05, 4.69) is 26.3 Å². The first-order valence-electron chi connectivity index (χ1n) is 9.66. The number of piperidine rings is 1. The van der Waals surface area contributed by atoms with Crippen LogP contribution in [0.4, 0.5) is 5.13 Å². The number of nitrogens with zero attached hydrogens (tertiary/aromatic N) is 3. The van der Waals surface area contributed by atoms with Crippen molar-refractivity contribution in [3.8, 4) is 16.9 Å². The Morgan fingerprint density at radius 1 is 1.18 bits per heavy atom. The molecule has 0 radical (unpaired) electrons. The molecule has 1 aliphatic heterocycles. The van der Waals surface area contributed by atoms with Crippen molar-refractivity contribution in [1.82, 2.24) is 14.9 Å². The Labute approximate surface area is 168 Å². The van der Waals surface area contributed by atoms with Gasteiger partial charge in [0.15, 0.2) is 5.13 Å². The molecule has 1 fully saturated rings. The van der Waals surface area contributed by atoms with Crippen LogP contribution in [-0.2, 0) is 4.79 Å². The molecular weight excluding hydrogens is 372 g/mol. The first-order valence-corrected chi connectivity index (χ1v) is 10.5. The SMILES string of the molecule is CC(=O)Nc1nc2ccc(-c3cncc(OCCN4CCCCC4)c3)cc2s1. The highest BCUT2D eigenvalue weighted by Gasteiger charge is 2.10. The van der Waals surface area contributed by atoms with Crippen molar-refractivity contribution in [3.05, 3.63) is 36.7 Å². The predicted octanol–water partition coefficient (Wildman–Crippen LogP) is 4.18. The van der Waals surface area contributed by atoms with Gasteiger partial charge in [-0.1, -0.05) is 23.8 Å². The summed E-state index contributed by atoms with van der Waals surface area (Å²) in [5.74, 6) is 0.677. The third-order valence-corrected chi connectivity index (χ3v) is 5.78. The molecule has 4 rings (SSSR count). The lowest BCUT2D eigenvalue weighted by atomic mass is 10.1. The second-order valence-corrected chi connectivity index (χ2v) is 8.07. The molecule has 28 heavy (non-hydrogen) atoms. The number of ether oxygens (including phenoxy) is 1. The Balaban J connectivity index is 1.44. The monoisotopic (exact) mass is 396 g/mol. The Morgan fingerprint density at radius 3 is 2.86 bits per heavy atom. The van der Waals surface area contributed by atoms with E-state index in [1.165, 1.54) is 50.6 Å². The molecule has 0 aliphatic carbocycles. The van der Waals surface area contributed by atoms with Crippen molar-refractivity contribution in [2.24, 2.45) is 0 Å². The molecule has 6 nitrogen and oxygen atoms in total. The molecule has 1 aliphatic rings. The van der Waals surface area contributed by atoms with E-state index in [9.17, 15) is 4.79 Å². The number of nitrogens with one attached hydrogen (secondary N) is 1. The quantitative estimate of drug-likeness (QED) is 0.677. The van der Waals surface area contributed by atoms with Gasteiger partial charge in [0.25, 0.3) is 0 Å². The lowest BCUT2D eigenvalue weighted by molar-refractivity contribution is -0.114. The predicted molar refractivity (Wildman–Crippen MR) is 113 cm³/mol. The van der Waals surface area contributed by atoms with Crippen LogP contribution in [0.2, 0.25) is 0 Å². The number of hydrogen-bond acceptors (Lipinski definition) is 6.